The highest BCUT2D eigenvalue weighted by atomic mass is 35.5. The number of carbonyl (C=O) groups is 2. The minimum absolute atomic E-state index is 0.274. The number of benzene rings is 1. The van der Waals surface area contributed by atoms with Gasteiger partial charge in [0.2, 0.25) is 0 Å². The molecular weight excluding hydrogens is 512 g/mol. The predicted molar refractivity (Wildman–Crippen MR) is 141 cm³/mol. The van der Waals surface area contributed by atoms with E-state index in [1.54, 1.807) is 25.6 Å². The molecule has 0 saturated heterocycles. The third-order valence-electron chi connectivity index (χ3n) is 8.51. The lowest BCUT2D eigenvalue weighted by atomic mass is 9.49. The Balaban J connectivity index is 1.21. The van der Waals surface area contributed by atoms with Crippen LogP contribution in [0.15, 0.2) is 40.8 Å². The van der Waals surface area contributed by atoms with Gasteiger partial charge in [0.05, 0.1) is 36.3 Å². The summed E-state index contributed by atoms with van der Waals surface area (Å²) in [5.74, 6) is 1.54. The molecule has 1 aliphatic heterocycles. The van der Waals surface area contributed by atoms with Gasteiger partial charge in [-0.15, -0.1) is 22.9 Å². The molecule has 0 N–H and O–H groups in total. The lowest BCUT2D eigenvalue weighted by Gasteiger charge is -2.58. The van der Waals surface area contributed by atoms with Crippen molar-refractivity contribution in [3.05, 3.63) is 46.2 Å². The Morgan fingerprint density at radius 3 is 2.51 bits per heavy atom. The Bertz CT molecular complexity index is 1230. The van der Waals surface area contributed by atoms with E-state index in [1.807, 2.05) is 35.7 Å². The Hall–Kier alpha value is -2.58. The molecule has 7 rings (SSSR count). The van der Waals surface area contributed by atoms with Crippen LogP contribution in [-0.2, 0) is 14.3 Å². The smallest absolute Gasteiger partial charge is 0.312 e. The number of carbonyl (C=O) groups excluding carboxylic acids is 2. The molecule has 7 nitrogen and oxygen atoms in total. The first-order valence-corrected chi connectivity index (χ1v) is 14.1. The summed E-state index contributed by atoms with van der Waals surface area (Å²) < 4.78 is 16.6. The molecule has 2 heterocycles. The van der Waals surface area contributed by atoms with Gasteiger partial charge in [0, 0.05) is 11.3 Å². The highest BCUT2D eigenvalue weighted by molar-refractivity contribution is 7.12. The van der Waals surface area contributed by atoms with Crippen LogP contribution in [-0.4, -0.2) is 48.3 Å². The normalized spacial score (nSPS) is 31.8. The molecule has 4 bridgehead atoms. The van der Waals surface area contributed by atoms with Crippen molar-refractivity contribution in [2.75, 3.05) is 20.8 Å². The van der Waals surface area contributed by atoms with Gasteiger partial charge in [-0.3, -0.25) is 9.59 Å². The van der Waals surface area contributed by atoms with Crippen LogP contribution in [0.2, 0.25) is 0 Å². The van der Waals surface area contributed by atoms with Gasteiger partial charge in [-0.1, -0.05) is 12.1 Å². The number of methoxy groups -OCH3 is 2. The Kier molecular flexibility index (Phi) is 6.23. The quantitative estimate of drug-likeness (QED) is 0.338. The Morgan fingerprint density at radius 2 is 1.86 bits per heavy atom. The summed E-state index contributed by atoms with van der Waals surface area (Å²) in [6, 6.07) is 9.25. The molecular formula is C28H31ClN2O5S. The topological polar surface area (TPSA) is 77.4 Å². The number of hydrogen-bond donors (Lipinski definition) is 0. The van der Waals surface area contributed by atoms with Crippen LogP contribution in [0.3, 0.4) is 0 Å². The van der Waals surface area contributed by atoms with E-state index >= 15 is 0 Å². The van der Waals surface area contributed by atoms with Gasteiger partial charge in [0.15, 0.2) is 18.1 Å². The molecule has 37 heavy (non-hydrogen) atoms. The summed E-state index contributed by atoms with van der Waals surface area (Å²) in [5, 5.41) is 8.15. The fraction of sp³-hybridized carbons (Fsp3) is 0.536. The second-order valence-corrected chi connectivity index (χ2v) is 12.8. The molecule has 4 fully saturated rings. The van der Waals surface area contributed by atoms with Gasteiger partial charge >= 0.3 is 5.97 Å². The van der Waals surface area contributed by atoms with Crippen molar-refractivity contribution < 1.29 is 23.8 Å². The molecule has 1 amide bonds. The standard InChI is InChI=1S/C28H31ClN2O5S/c1-34-22-6-5-19(9-23(22)35-2)21-10-20(24-4-3-7-37-24)30-31(21)25(32)15-36-26(33)27-11-17-8-18(12-27)14-28(29,13-17)16-27/h3-7,9,17-18,21H,8,10-16H2,1-2H3/t17-,18+,21-,27?,28?/m0/s1. The molecule has 9 heteroatoms. The van der Waals surface area contributed by atoms with Crippen LogP contribution < -0.4 is 9.47 Å². The third kappa shape index (κ3) is 4.42. The summed E-state index contributed by atoms with van der Waals surface area (Å²) >= 11 is 8.49. The summed E-state index contributed by atoms with van der Waals surface area (Å²) in [7, 11) is 3.17. The van der Waals surface area contributed by atoms with Crippen molar-refractivity contribution in [3.8, 4) is 11.5 Å². The van der Waals surface area contributed by atoms with Crippen LogP contribution in [0, 0.1) is 17.3 Å². The first kappa shape index (κ1) is 24.7. The maximum absolute atomic E-state index is 13.5. The van der Waals surface area contributed by atoms with Crippen molar-refractivity contribution in [3.63, 3.8) is 0 Å². The lowest BCUT2D eigenvalue weighted by Crippen LogP contribution is -2.56. The zero-order valence-corrected chi connectivity index (χ0v) is 22.6. The number of nitrogens with zero attached hydrogens (tertiary/aromatic N) is 2. The van der Waals surface area contributed by atoms with Crippen LogP contribution in [0.25, 0.3) is 0 Å². The number of amides is 1. The number of halogens is 1. The van der Waals surface area contributed by atoms with Crippen molar-refractivity contribution >= 4 is 40.5 Å². The summed E-state index contributed by atoms with van der Waals surface area (Å²) in [4.78, 5) is 27.6. The molecule has 2 aromatic rings. The highest BCUT2D eigenvalue weighted by Crippen LogP contribution is 2.64. The molecule has 4 aliphatic carbocycles. The SMILES string of the molecule is COc1ccc([C@@H]2CC(c3cccs3)=NN2C(=O)COC(=O)C23C[C@@H]4C[C@@H](CC(Cl)(C4)C2)C3)cc1OC. The molecule has 5 atom stereocenters. The zero-order valence-electron chi connectivity index (χ0n) is 21.1. The number of hydrogen-bond acceptors (Lipinski definition) is 7. The molecule has 4 saturated carbocycles. The second-order valence-electron chi connectivity index (χ2n) is 11.1. The minimum atomic E-state index is -0.550. The maximum Gasteiger partial charge on any atom is 0.312 e. The molecule has 2 unspecified atom stereocenters. The van der Waals surface area contributed by atoms with E-state index in [4.69, 9.17) is 30.9 Å². The summed E-state index contributed by atoms with van der Waals surface area (Å²) in [6.07, 6.45) is 5.98. The first-order valence-electron chi connectivity index (χ1n) is 12.8. The predicted octanol–water partition coefficient (Wildman–Crippen LogP) is 5.56. The number of ether oxygens (including phenoxy) is 3. The van der Waals surface area contributed by atoms with Crippen molar-refractivity contribution in [1.82, 2.24) is 5.01 Å². The fourth-order valence-electron chi connectivity index (χ4n) is 7.39. The van der Waals surface area contributed by atoms with Gasteiger partial charge < -0.3 is 14.2 Å². The maximum atomic E-state index is 13.5. The van der Waals surface area contributed by atoms with E-state index in [2.05, 4.69) is 0 Å². The van der Waals surface area contributed by atoms with E-state index in [-0.39, 0.29) is 29.4 Å². The van der Waals surface area contributed by atoms with Gasteiger partial charge in [-0.2, -0.15) is 5.10 Å². The van der Waals surface area contributed by atoms with Crippen LogP contribution in [0.1, 0.15) is 61.4 Å². The fourth-order valence-corrected chi connectivity index (χ4v) is 8.80. The molecule has 0 radical (unpaired) electrons. The highest BCUT2D eigenvalue weighted by Gasteiger charge is 2.61. The van der Waals surface area contributed by atoms with E-state index in [9.17, 15) is 9.59 Å². The van der Waals surface area contributed by atoms with Crippen molar-refractivity contribution in [2.24, 2.45) is 22.4 Å². The van der Waals surface area contributed by atoms with Crippen LogP contribution in [0.5, 0.6) is 11.5 Å². The average molecular weight is 543 g/mol. The molecule has 1 aromatic heterocycles. The van der Waals surface area contributed by atoms with E-state index in [1.165, 1.54) is 5.01 Å². The van der Waals surface area contributed by atoms with Crippen LogP contribution >= 0.6 is 22.9 Å². The number of rotatable bonds is 7. The number of esters is 1. The first-order chi connectivity index (χ1) is 17.8. The van der Waals surface area contributed by atoms with Gasteiger partial charge in [0.25, 0.3) is 5.91 Å². The minimum Gasteiger partial charge on any atom is -0.493 e. The number of hydrazone groups is 1. The van der Waals surface area contributed by atoms with E-state index in [0.717, 1.165) is 48.3 Å². The van der Waals surface area contributed by atoms with E-state index < -0.39 is 5.41 Å². The third-order valence-corrected chi connectivity index (χ3v) is 9.87. The average Bonchev–Trinajstić information content (AvgIpc) is 3.55. The molecule has 196 valence electrons. The van der Waals surface area contributed by atoms with Crippen molar-refractivity contribution in [2.45, 2.75) is 55.9 Å². The summed E-state index contributed by atoms with van der Waals surface area (Å²) in [5.41, 5.74) is 1.16. The van der Waals surface area contributed by atoms with Crippen LogP contribution in [0.4, 0.5) is 0 Å². The van der Waals surface area contributed by atoms with Gasteiger partial charge in [-0.05, 0) is 79.5 Å². The Labute approximate surface area is 225 Å². The zero-order chi connectivity index (χ0) is 25.8. The van der Waals surface area contributed by atoms with Gasteiger partial charge in [-0.25, -0.2) is 5.01 Å². The lowest BCUT2D eigenvalue weighted by molar-refractivity contribution is -0.173. The van der Waals surface area contributed by atoms with E-state index in [0.29, 0.717) is 36.2 Å². The molecule has 0 spiro atoms. The Morgan fingerprint density at radius 1 is 1.11 bits per heavy atom. The second kappa shape index (κ2) is 9.31. The summed E-state index contributed by atoms with van der Waals surface area (Å²) in [6.45, 7) is -0.337. The van der Waals surface area contributed by atoms with Gasteiger partial charge in [0.1, 0.15) is 0 Å². The number of alkyl halides is 1. The monoisotopic (exact) mass is 542 g/mol. The molecule has 1 aromatic carbocycles. The number of thiophene rings is 1. The molecule has 5 aliphatic rings. The largest absolute Gasteiger partial charge is 0.493 e. The van der Waals surface area contributed by atoms with Crippen molar-refractivity contribution in [1.29, 1.82) is 0 Å².